The van der Waals surface area contributed by atoms with Gasteiger partial charge in [-0.3, -0.25) is 10.2 Å². The minimum atomic E-state index is -5.48. The monoisotopic (exact) mass is 549 g/mol. The molecule has 5 atom stereocenters. The number of carbonyl (C=O) groups is 3. The van der Waals surface area contributed by atoms with Crippen molar-refractivity contribution in [2.45, 2.75) is 69.4 Å². The number of carbonyl (C=O) groups excluding carboxylic acids is 3. The molecule has 0 spiro atoms. The SMILES string of the molecule is CCOC(=O)NN=C=NN[C@H]1CC(C(=O)OC)=C[C@@H](O[C@@H](CC(F)(F)F)[C@H](O)C(F)(F)F)[C@@H]1NC(C)=O. The average molecular weight is 549 g/mol. The summed E-state index contributed by atoms with van der Waals surface area (Å²) in [6, 6.07) is -0.606. The second-order valence-electron chi connectivity index (χ2n) is 7.45. The molecule has 4 N–H and O–H groups in total. The number of halogens is 6. The Morgan fingerprint density at radius 2 is 1.86 bits per heavy atom. The molecule has 0 aromatic carbocycles. The molecule has 2 amide bonds. The van der Waals surface area contributed by atoms with Crippen LogP contribution in [0.5, 0.6) is 0 Å². The first-order chi connectivity index (χ1) is 17.1. The van der Waals surface area contributed by atoms with Gasteiger partial charge in [0.1, 0.15) is 12.1 Å². The molecular formula is C19H25F6N5O7. The van der Waals surface area contributed by atoms with Crippen LogP contribution < -0.4 is 16.2 Å². The number of aliphatic hydroxyl groups is 1. The lowest BCUT2D eigenvalue weighted by Crippen LogP contribution is -2.59. The number of rotatable bonds is 10. The zero-order valence-electron chi connectivity index (χ0n) is 19.6. The molecule has 0 saturated heterocycles. The van der Waals surface area contributed by atoms with Gasteiger partial charge in [0.05, 0.1) is 38.3 Å². The predicted octanol–water partition coefficient (Wildman–Crippen LogP) is 1.33. The molecule has 210 valence electrons. The van der Waals surface area contributed by atoms with E-state index in [2.05, 4.69) is 30.4 Å². The summed E-state index contributed by atoms with van der Waals surface area (Å²) in [7, 11) is 0.979. The second-order valence-corrected chi connectivity index (χ2v) is 7.45. The van der Waals surface area contributed by atoms with Crippen LogP contribution in [0.1, 0.15) is 26.7 Å². The third-order valence-electron chi connectivity index (χ3n) is 4.62. The highest BCUT2D eigenvalue weighted by molar-refractivity contribution is 5.89. The molecular weight excluding hydrogens is 524 g/mol. The maximum absolute atomic E-state index is 13.1. The summed E-state index contributed by atoms with van der Waals surface area (Å²) in [6.07, 6.45) is -21.4. The van der Waals surface area contributed by atoms with E-state index in [-0.39, 0.29) is 18.6 Å². The quantitative estimate of drug-likeness (QED) is 0.137. The highest BCUT2D eigenvalue weighted by Gasteiger charge is 2.50. The van der Waals surface area contributed by atoms with Gasteiger partial charge in [-0.25, -0.2) is 15.0 Å². The summed E-state index contributed by atoms with van der Waals surface area (Å²) in [5, 5.41) is 18.6. The Labute approximate surface area is 206 Å². The molecule has 12 nitrogen and oxygen atoms in total. The number of methoxy groups -OCH3 is 1. The van der Waals surface area contributed by atoms with Gasteiger partial charge in [0.2, 0.25) is 5.91 Å². The molecule has 0 bridgehead atoms. The fourth-order valence-corrected chi connectivity index (χ4v) is 3.16. The number of hydrogen-bond acceptors (Lipinski definition) is 10. The van der Waals surface area contributed by atoms with Gasteiger partial charge in [0.25, 0.3) is 0 Å². The zero-order chi connectivity index (χ0) is 28.4. The van der Waals surface area contributed by atoms with Crippen LogP contribution in [0.2, 0.25) is 0 Å². The van der Waals surface area contributed by atoms with E-state index < -0.39 is 67.1 Å². The van der Waals surface area contributed by atoms with Gasteiger partial charge in [0.15, 0.2) is 6.10 Å². The fraction of sp³-hybridized carbons (Fsp3) is 0.684. The highest BCUT2D eigenvalue weighted by Crippen LogP contribution is 2.33. The van der Waals surface area contributed by atoms with Crippen LogP contribution in [0, 0.1) is 0 Å². The number of nitrogens with zero attached hydrogens (tertiary/aromatic N) is 2. The number of esters is 1. The van der Waals surface area contributed by atoms with Crippen molar-refractivity contribution in [1.82, 2.24) is 16.2 Å². The summed E-state index contributed by atoms with van der Waals surface area (Å²) in [5.74, 6) is -1.75. The van der Waals surface area contributed by atoms with Gasteiger partial charge in [-0.05, 0) is 13.0 Å². The first-order valence-electron chi connectivity index (χ1n) is 10.4. The van der Waals surface area contributed by atoms with Crippen molar-refractivity contribution in [3.8, 4) is 0 Å². The normalized spacial score (nSPS) is 21.4. The predicted molar refractivity (Wildman–Crippen MR) is 111 cm³/mol. The van der Waals surface area contributed by atoms with Gasteiger partial charge < -0.3 is 24.6 Å². The van der Waals surface area contributed by atoms with Gasteiger partial charge in [0, 0.05) is 18.9 Å². The van der Waals surface area contributed by atoms with Crippen molar-refractivity contribution < 1.29 is 60.0 Å². The van der Waals surface area contributed by atoms with Crippen molar-refractivity contribution in [3.05, 3.63) is 11.6 Å². The van der Waals surface area contributed by atoms with E-state index in [0.29, 0.717) is 0 Å². The molecule has 0 aromatic heterocycles. The Bertz CT molecular complexity index is 905. The lowest BCUT2D eigenvalue weighted by Gasteiger charge is -2.39. The zero-order valence-corrected chi connectivity index (χ0v) is 19.6. The van der Waals surface area contributed by atoms with E-state index in [4.69, 9.17) is 4.74 Å². The van der Waals surface area contributed by atoms with E-state index in [1.807, 2.05) is 11.4 Å². The molecule has 0 radical (unpaired) electrons. The summed E-state index contributed by atoms with van der Waals surface area (Å²) in [6.45, 7) is 2.58. The number of aliphatic hydroxyl groups excluding tert-OH is 1. The maximum Gasteiger partial charge on any atom is 0.428 e. The van der Waals surface area contributed by atoms with Crippen molar-refractivity contribution in [3.63, 3.8) is 0 Å². The maximum atomic E-state index is 13.1. The number of hydrazone groups is 2. The summed E-state index contributed by atoms with van der Waals surface area (Å²) in [5.41, 5.74) is 4.02. The Kier molecular flexibility index (Phi) is 11.8. The Morgan fingerprint density at radius 3 is 2.38 bits per heavy atom. The van der Waals surface area contributed by atoms with E-state index in [0.717, 1.165) is 20.1 Å². The minimum absolute atomic E-state index is 0.0413. The molecule has 0 aliphatic heterocycles. The van der Waals surface area contributed by atoms with Gasteiger partial charge >= 0.3 is 24.4 Å². The Balaban J connectivity index is 3.35. The number of amides is 2. The first-order valence-corrected chi connectivity index (χ1v) is 10.4. The topological polar surface area (TPSA) is 160 Å². The van der Waals surface area contributed by atoms with Crippen LogP contribution >= 0.6 is 0 Å². The largest absolute Gasteiger partial charge is 0.466 e. The van der Waals surface area contributed by atoms with E-state index in [1.54, 1.807) is 0 Å². The van der Waals surface area contributed by atoms with E-state index in [1.165, 1.54) is 6.92 Å². The van der Waals surface area contributed by atoms with Crippen LogP contribution in [0.15, 0.2) is 21.9 Å². The molecule has 0 fully saturated rings. The molecule has 0 aromatic rings. The highest BCUT2D eigenvalue weighted by atomic mass is 19.4. The fourth-order valence-electron chi connectivity index (χ4n) is 3.16. The molecule has 37 heavy (non-hydrogen) atoms. The third-order valence-corrected chi connectivity index (χ3v) is 4.62. The summed E-state index contributed by atoms with van der Waals surface area (Å²) in [4.78, 5) is 35.0. The number of ether oxygens (including phenoxy) is 3. The minimum Gasteiger partial charge on any atom is -0.466 e. The van der Waals surface area contributed by atoms with E-state index in [9.17, 15) is 45.8 Å². The van der Waals surface area contributed by atoms with Crippen LogP contribution in [0.25, 0.3) is 0 Å². The lowest BCUT2D eigenvalue weighted by atomic mass is 9.87. The summed E-state index contributed by atoms with van der Waals surface area (Å²) < 4.78 is 92.3. The Morgan fingerprint density at radius 1 is 1.22 bits per heavy atom. The second kappa shape index (κ2) is 13.8. The molecule has 0 saturated carbocycles. The molecule has 0 heterocycles. The lowest BCUT2D eigenvalue weighted by molar-refractivity contribution is -0.259. The van der Waals surface area contributed by atoms with Crippen molar-refractivity contribution in [2.24, 2.45) is 10.2 Å². The molecule has 18 heteroatoms. The molecule has 1 rings (SSSR count). The van der Waals surface area contributed by atoms with Gasteiger partial charge in [-0.15, -0.1) is 10.2 Å². The molecule has 1 aliphatic carbocycles. The van der Waals surface area contributed by atoms with E-state index >= 15 is 0 Å². The van der Waals surface area contributed by atoms with Crippen LogP contribution in [-0.4, -0.2) is 85.5 Å². The van der Waals surface area contributed by atoms with Crippen LogP contribution in [0.3, 0.4) is 0 Å². The molecule has 1 aliphatic rings. The first kappa shape index (κ1) is 31.7. The smallest absolute Gasteiger partial charge is 0.428 e. The van der Waals surface area contributed by atoms with Crippen LogP contribution in [-0.2, 0) is 23.8 Å². The van der Waals surface area contributed by atoms with Crippen molar-refractivity contribution >= 4 is 24.0 Å². The number of nitrogens with one attached hydrogen (secondary N) is 3. The average Bonchev–Trinajstić information content (AvgIpc) is 2.77. The third kappa shape index (κ3) is 11.1. The van der Waals surface area contributed by atoms with Gasteiger partial charge in [-0.1, -0.05) is 0 Å². The van der Waals surface area contributed by atoms with Crippen molar-refractivity contribution in [2.75, 3.05) is 13.7 Å². The number of hydrogen-bond donors (Lipinski definition) is 4. The number of alkyl halides is 6. The summed E-state index contributed by atoms with van der Waals surface area (Å²) >= 11 is 0. The van der Waals surface area contributed by atoms with Crippen molar-refractivity contribution in [1.29, 1.82) is 0 Å². The molecule has 0 unspecified atom stereocenters. The van der Waals surface area contributed by atoms with Gasteiger partial charge in [-0.2, -0.15) is 26.3 Å². The Hall–Kier alpha value is -3.37. The standard InChI is InChI=1S/C19H25F6N5O7/c1-4-36-17(34)30-27-8-26-29-11-5-10(16(33)35-3)6-12(14(11)28-9(2)31)37-13(7-18(20,21)22)15(32)19(23,24)25/h6,11-15,29,32H,4-5,7H2,1-3H3,(H,28,31)(H,30,34)/t11-,12+,13-,14+,15-/m0/s1. The van der Waals surface area contributed by atoms with Crippen LogP contribution in [0.4, 0.5) is 31.1 Å².